The van der Waals surface area contributed by atoms with Gasteiger partial charge in [-0.05, 0) is 32.1 Å². The third kappa shape index (κ3) is 6.76. The summed E-state index contributed by atoms with van der Waals surface area (Å²) in [7, 11) is 0. The fourth-order valence-electron chi connectivity index (χ4n) is 2.58. The average Bonchev–Trinajstić information content (AvgIpc) is 2.97. The SMILES string of the molecule is CCCCC(CC)(CC)C(=O)O.OCC1CCC(CO)O1. The van der Waals surface area contributed by atoms with Gasteiger partial charge in [-0.25, -0.2) is 0 Å². The van der Waals surface area contributed by atoms with E-state index in [4.69, 9.17) is 20.1 Å². The zero-order valence-corrected chi connectivity index (χ0v) is 13.7. The van der Waals surface area contributed by atoms with E-state index >= 15 is 0 Å². The van der Waals surface area contributed by atoms with Crippen molar-refractivity contribution >= 4 is 5.97 Å². The van der Waals surface area contributed by atoms with Crippen LogP contribution in [0.2, 0.25) is 0 Å². The van der Waals surface area contributed by atoms with Gasteiger partial charge in [-0.2, -0.15) is 0 Å². The number of aliphatic hydroxyl groups excluding tert-OH is 2. The molecule has 0 amide bonds. The van der Waals surface area contributed by atoms with Crippen molar-refractivity contribution in [2.75, 3.05) is 13.2 Å². The normalized spacial score (nSPS) is 21.8. The lowest BCUT2D eigenvalue weighted by molar-refractivity contribution is -0.150. The summed E-state index contributed by atoms with van der Waals surface area (Å²) in [5.74, 6) is -0.624. The van der Waals surface area contributed by atoms with Crippen LogP contribution in [0.15, 0.2) is 0 Å². The quantitative estimate of drug-likeness (QED) is 0.641. The molecule has 0 aliphatic carbocycles. The molecule has 2 atom stereocenters. The number of carbonyl (C=O) groups is 1. The topological polar surface area (TPSA) is 87.0 Å². The second kappa shape index (κ2) is 11.0. The third-order valence-electron chi connectivity index (χ3n) is 4.42. The summed E-state index contributed by atoms with van der Waals surface area (Å²) in [5, 5.41) is 26.2. The van der Waals surface area contributed by atoms with Gasteiger partial charge in [0.25, 0.3) is 0 Å². The van der Waals surface area contributed by atoms with Gasteiger partial charge in [0, 0.05) is 0 Å². The van der Waals surface area contributed by atoms with Gasteiger partial charge >= 0.3 is 5.97 Å². The first kappa shape index (κ1) is 20.3. The van der Waals surface area contributed by atoms with Crippen LogP contribution in [0.5, 0.6) is 0 Å². The molecule has 1 saturated heterocycles. The zero-order valence-electron chi connectivity index (χ0n) is 13.7. The van der Waals surface area contributed by atoms with Crippen molar-refractivity contribution in [2.45, 2.75) is 77.9 Å². The molecule has 3 N–H and O–H groups in total. The van der Waals surface area contributed by atoms with Crippen molar-refractivity contribution in [3.05, 3.63) is 0 Å². The maximum atomic E-state index is 11.0. The number of carboxylic acid groups (broad SMARTS) is 1. The van der Waals surface area contributed by atoms with Crippen molar-refractivity contribution in [3.63, 3.8) is 0 Å². The van der Waals surface area contributed by atoms with Gasteiger partial charge in [-0.1, -0.05) is 33.6 Å². The van der Waals surface area contributed by atoms with Gasteiger partial charge in [-0.15, -0.1) is 0 Å². The highest BCUT2D eigenvalue weighted by Gasteiger charge is 2.33. The van der Waals surface area contributed by atoms with Crippen LogP contribution in [-0.4, -0.2) is 46.7 Å². The van der Waals surface area contributed by atoms with Crippen LogP contribution in [0.25, 0.3) is 0 Å². The number of carboxylic acids is 1. The minimum Gasteiger partial charge on any atom is -0.481 e. The Balaban J connectivity index is 0.000000394. The first-order valence-electron chi connectivity index (χ1n) is 8.10. The molecule has 5 nitrogen and oxygen atoms in total. The van der Waals surface area contributed by atoms with Crippen LogP contribution in [-0.2, 0) is 9.53 Å². The van der Waals surface area contributed by atoms with Crippen molar-refractivity contribution in [2.24, 2.45) is 5.41 Å². The molecule has 0 spiro atoms. The zero-order chi connectivity index (χ0) is 16.3. The van der Waals surface area contributed by atoms with E-state index in [1.807, 2.05) is 13.8 Å². The monoisotopic (exact) mass is 304 g/mol. The van der Waals surface area contributed by atoms with E-state index in [2.05, 4.69) is 6.92 Å². The highest BCUT2D eigenvalue weighted by Crippen LogP contribution is 2.32. The number of ether oxygens (including phenoxy) is 1. The Hall–Kier alpha value is -0.650. The number of aliphatic carboxylic acids is 1. The van der Waals surface area contributed by atoms with E-state index in [1.165, 1.54) is 0 Å². The molecule has 1 fully saturated rings. The van der Waals surface area contributed by atoms with Gasteiger partial charge in [0.15, 0.2) is 0 Å². The summed E-state index contributed by atoms with van der Waals surface area (Å²) in [6, 6.07) is 0. The molecule has 126 valence electrons. The molecule has 0 aromatic heterocycles. The van der Waals surface area contributed by atoms with Gasteiger partial charge < -0.3 is 20.1 Å². The van der Waals surface area contributed by atoms with Crippen LogP contribution in [0.3, 0.4) is 0 Å². The Bertz CT molecular complexity index is 266. The fraction of sp³-hybridized carbons (Fsp3) is 0.938. The number of hydrogen-bond donors (Lipinski definition) is 3. The van der Waals surface area contributed by atoms with Crippen molar-refractivity contribution in [1.29, 1.82) is 0 Å². The lowest BCUT2D eigenvalue weighted by Crippen LogP contribution is -2.29. The second-order valence-electron chi connectivity index (χ2n) is 5.72. The molecule has 0 aromatic carbocycles. The average molecular weight is 304 g/mol. The summed E-state index contributed by atoms with van der Waals surface area (Å²) >= 11 is 0. The van der Waals surface area contributed by atoms with Crippen LogP contribution >= 0.6 is 0 Å². The molecule has 21 heavy (non-hydrogen) atoms. The van der Waals surface area contributed by atoms with E-state index in [1.54, 1.807) is 0 Å². The van der Waals surface area contributed by atoms with Gasteiger partial charge in [0.2, 0.25) is 0 Å². The molecule has 0 saturated carbocycles. The smallest absolute Gasteiger partial charge is 0.309 e. The standard InChI is InChI=1S/C10H20O2.C6H12O3/c1-4-7-8-10(5-2,6-3)9(11)12;7-3-5-1-2-6(4-8)9-5/h4-8H2,1-3H3,(H,11,12);5-8H,1-4H2. The molecule has 0 radical (unpaired) electrons. The molecular formula is C16H32O5. The van der Waals surface area contributed by atoms with Gasteiger partial charge in [0.05, 0.1) is 30.8 Å². The van der Waals surface area contributed by atoms with Gasteiger partial charge in [0.1, 0.15) is 0 Å². The number of aliphatic hydroxyl groups is 2. The molecule has 1 heterocycles. The molecule has 0 bridgehead atoms. The maximum Gasteiger partial charge on any atom is 0.309 e. The second-order valence-corrected chi connectivity index (χ2v) is 5.72. The highest BCUT2D eigenvalue weighted by atomic mass is 16.5. The van der Waals surface area contributed by atoms with E-state index in [0.29, 0.717) is 0 Å². The largest absolute Gasteiger partial charge is 0.481 e. The Morgan fingerprint density at radius 3 is 1.81 bits per heavy atom. The predicted molar refractivity (Wildman–Crippen MR) is 82.2 cm³/mol. The Morgan fingerprint density at radius 1 is 1.10 bits per heavy atom. The number of rotatable bonds is 8. The van der Waals surface area contributed by atoms with E-state index in [9.17, 15) is 4.79 Å². The molecule has 1 aliphatic heterocycles. The van der Waals surface area contributed by atoms with Crippen LogP contribution in [0.4, 0.5) is 0 Å². The molecule has 1 rings (SSSR count). The molecular weight excluding hydrogens is 272 g/mol. The molecule has 2 unspecified atom stereocenters. The number of hydrogen-bond acceptors (Lipinski definition) is 4. The third-order valence-corrected chi connectivity index (χ3v) is 4.42. The van der Waals surface area contributed by atoms with E-state index in [0.717, 1.165) is 44.9 Å². The molecule has 1 aliphatic rings. The number of unbranched alkanes of at least 4 members (excludes halogenated alkanes) is 1. The molecule has 0 aromatic rings. The summed E-state index contributed by atoms with van der Waals surface area (Å²) in [6.45, 7) is 6.19. The minimum absolute atomic E-state index is 0.0258. The first-order valence-corrected chi connectivity index (χ1v) is 8.10. The molecule has 5 heteroatoms. The van der Waals surface area contributed by atoms with Gasteiger partial charge in [-0.3, -0.25) is 4.79 Å². The summed E-state index contributed by atoms with van der Waals surface area (Å²) in [6.07, 6.45) is 6.12. The summed E-state index contributed by atoms with van der Waals surface area (Å²) in [5.41, 5.74) is -0.448. The maximum absolute atomic E-state index is 11.0. The first-order chi connectivity index (χ1) is 9.99. The summed E-state index contributed by atoms with van der Waals surface area (Å²) < 4.78 is 5.16. The lowest BCUT2D eigenvalue weighted by atomic mass is 9.78. The van der Waals surface area contributed by atoms with Crippen LogP contribution < -0.4 is 0 Å². The van der Waals surface area contributed by atoms with E-state index in [-0.39, 0.29) is 25.4 Å². The predicted octanol–water partition coefficient (Wildman–Crippen LogP) is 2.59. The van der Waals surface area contributed by atoms with Crippen LogP contribution in [0, 0.1) is 5.41 Å². The minimum atomic E-state index is -0.624. The van der Waals surface area contributed by atoms with Crippen molar-refractivity contribution < 1.29 is 24.9 Å². The van der Waals surface area contributed by atoms with Crippen LogP contribution in [0.1, 0.15) is 65.7 Å². The Morgan fingerprint density at radius 2 is 1.57 bits per heavy atom. The Kier molecular flexibility index (Phi) is 10.6. The van der Waals surface area contributed by atoms with Crippen molar-refractivity contribution in [3.8, 4) is 0 Å². The van der Waals surface area contributed by atoms with Crippen molar-refractivity contribution in [1.82, 2.24) is 0 Å². The summed E-state index contributed by atoms with van der Waals surface area (Å²) in [4.78, 5) is 11.0. The fourth-order valence-corrected chi connectivity index (χ4v) is 2.58. The highest BCUT2D eigenvalue weighted by molar-refractivity contribution is 5.74. The lowest BCUT2D eigenvalue weighted by Gasteiger charge is -2.26. The van der Waals surface area contributed by atoms with E-state index < -0.39 is 11.4 Å². The Labute approximate surface area is 128 Å².